The van der Waals surface area contributed by atoms with E-state index in [0.29, 0.717) is 11.2 Å². The van der Waals surface area contributed by atoms with Gasteiger partial charge in [0.1, 0.15) is 0 Å². The van der Waals surface area contributed by atoms with Crippen LogP contribution in [0.1, 0.15) is 20.7 Å². The van der Waals surface area contributed by atoms with Crippen LogP contribution in [0, 0.1) is 0 Å². The number of hydrogen-bond donors (Lipinski definition) is 1. The van der Waals surface area contributed by atoms with Crippen molar-refractivity contribution in [2.24, 2.45) is 0 Å². The predicted octanol–water partition coefficient (Wildman–Crippen LogP) is 1.06. The molecule has 0 saturated carbocycles. The Labute approximate surface area is 124 Å². The number of ether oxygens (including phenoxy) is 1. The molecule has 2 heterocycles. The molecule has 0 aliphatic rings. The van der Waals surface area contributed by atoms with Crippen LogP contribution >= 0.6 is 0 Å². The van der Waals surface area contributed by atoms with E-state index in [9.17, 15) is 14.4 Å². The zero-order valence-electron chi connectivity index (χ0n) is 11.4. The molecule has 0 saturated heterocycles. The summed E-state index contributed by atoms with van der Waals surface area (Å²) in [5, 5.41) is 6.02. The van der Waals surface area contributed by atoms with Crippen LogP contribution in [0.5, 0.6) is 0 Å². The average Bonchev–Trinajstić information content (AvgIpc) is 2.94. The van der Waals surface area contributed by atoms with Gasteiger partial charge in [-0.1, -0.05) is 30.3 Å². The Balaban J connectivity index is 1.72. The molecule has 1 N–H and O–H groups in total. The summed E-state index contributed by atoms with van der Waals surface area (Å²) >= 11 is 0. The van der Waals surface area contributed by atoms with Crippen LogP contribution < -0.4 is 5.69 Å². The van der Waals surface area contributed by atoms with Gasteiger partial charge in [-0.3, -0.25) is 4.79 Å². The number of Topliss-reactive ketones (excluding diaryl/α,β-unsaturated/α-hetero) is 1. The van der Waals surface area contributed by atoms with E-state index in [1.165, 1.54) is 22.7 Å². The fraction of sp³-hybridized carbons (Fsp3) is 0.0667. The van der Waals surface area contributed by atoms with Crippen LogP contribution in [0.4, 0.5) is 0 Å². The first-order valence-electron chi connectivity index (χ1n) is 6.47. The minimum absolute atomic E-state index is 0.164. The van der Waals surface area contributed by atoms with E-state index >= 15 is 0 Å². The maximum absolute atomic E-state index is 11.9. The first-order valence-corrected chi connectivity index (χ1v) is 6.47. The fourth-order valence-corrected chi connectivity index (χ4v) is 1.95. The standard InChI is InChI=1S/C15H11N3O4/c19-12(10-4-2-1-3-5-10)9-22-14(20)11-6-7-13-16-17-15(21)18(13)8-11/h1-8H,9H2,(H,17,21). The van der Waals surface area contributed by atoms with Gasteiger partial charge in [0.05, 0.1) is 5.56 Å². The number of nitrogens with zero attached hydrogens (tertiary/aromatic N) is 2. The van der Waals surface area contributed by atoms with Gasteiger partial charge in [0.2, 0.25) is 0 Å². The number of rotatable bonds is 4. The van der Waals surface area contributed by atoms with Crippen molar-refractivity contribution in [3.05, 3.63) is 70.3 Å². The summed E-state index contributed by atoms with van der Waals surface area (Å²) in [4.78, 5) is 35.2. The van der Waals surface area contributed by atoms with Crippen molar-refractivity contribution in [1.29, 1.82) is 0 Å². The molecule has 0 radical (unpaired) electrons. The Bertz CT molecular complexity index is 896. The van der Waals surface area contributed by atoms with Gasteiger partial charge >= 0.3 is 11.7 Å². The number of esters is 1. The Morgan fingerprint density at radius 3 is 2.64 bits per heavy atom. The van der Waals surface area contributed by atoms with Crippen molar-refractivity contribution in [3.63, 3.8) is 0 Å². The third-order valence-corrected chi connectivity index (χ3v) is 3.08. The molecule has 0 unspecified atom stereocenters. The highest BCUT2D eigenvalue weighted by Crippen LogP contribution is 2.05. The van der Waals surface area contributed by atoms with Crippen molar-refractivity contribution in [1.82, 2.24) is 14.6 Å². The topological polar surface area (TPSA) is 93.5 Å². The van der Waals surface area contributed by atoms with Crippen LogP contribution in [0.2, 0.25) is 0 Å². The van der Waals surface area contributed by atoms with E-state index < -0.39 is 11.7 Å². The van der Waals surface area contributed by atoms with Gasteiger partial charge in [-0.15, -0.1) is 0 Å². The molecule has 1 aromatic carbocycles. The second kappa shape index (κ2) is 5.65. The maximum atomic E-state index is 11.9. The Morgan fingerprint density at radius 1 is 1.09 bits per heavy atom. The van der Waals surface area contributed by atoms with E-state index in [4.69, 9.17) is 4.74 Å². The number of aromatic amines is 1. The first kappa shape index (κ1) is 13.7. The molecule has 0 amide bonds. The lowest BCUT2D eigenvalue weighted by molar-refractivity contribution is 0.0474. The van der Waals surface area contributed by atoms with Gasteiger partial charge in [-0.05, 0) is 12.1 Å². The van der Waals surface area contributed by atoms with Gasteiger partial charge < -0.3 is 4.74 Å². The second-order valence-corrected chi connectivity index (χ2v) is 4.54. The van der Waals surface area contributed by atoms with Crippen molar-refractivity contribution < 1.29 is 14.3 Å². The molecule has 3 aromatic rings. The van der Waals surface area contributed by atoms with Gasteiger partial charge in [-0.2, -0.15) is 5.10 Å². The second-order valence-electron chi connectivity index (χ2n) is 4.54. The monoisotopic (exact) mass is 297 g/mol. The zero-order chi connectivity index (χ0) is 15.5. The number of nitrogens with one attached hydrogen (secondary N) is 1. The molecule has 7 nitrogen and oxygen atoms in total. The first-order chi connectivity index (χ1) is 10.6. The van der Waals surface area contributed by atoms with Crippen molar-refractivity contribution in [3.8, 4) is 0 Å². The van der Waals surface area contributed by atoms with Crippen LogP contribution in [-0.4, -0.2) is 33.0 Å². The predicted molar refractivity (Wildman–Crippen MR) is 76.9 cm³/mol. The Kier molecular flexibility index (Phi) is 3.53. The quantitative estimate of drug-likeness (QED) is 0.574. The van der Waals surface area contributed by atoms with Crippen LogP contribution in [0.25, 0.3) is 5.65 Å². The summed E-state index contributed by atoms with van der Waals surface area (Å²) in [6, 6.07) is 11.5. The fourth-order valence-electron chi connectivity index (χ4n) is 1.95. The number of aromatic nitrogens is 3. The molecule has 0 fully saturated rings. The average molecular weight is 297 g/mol. The minimum Gasteiger partial charge on any atom is -0.454 e. The number of benzene rings is 1. The number of H-pyrrole nitrogens is 1. The summed E-state index contributed by atoms with van der Waals surface area (Å²) in [6.07, 6.45) is 1.32. The molecule has 0 aliphatic heterocycles. The lowest BCUT2D eigenvalue weighted by Crippen LogP contribution is -2.16. The molecule has 110 valence electrons. The van der Waals surface area contributed by atoms with Crippen LogP contribution in [0.15, 0.2) is 53.5 Å². The third kappa shape index (κ3) is 2.64. The molecular formula is C15H11N3O4. The molecule has 0 aliphatic carbocycles. The third-order valence-electron chi connectivity index (χ3n) is 3.08. The number of fused-ring (bicyclic) bond motifs is 1. The van der Waals surface area contributed by atoms with Gasteiger partial charge in [0, 0.05) is 11.8 Å². The highest BCUT2D eigenvalue weighted by atomic mass is 16.5. The molecule has 3 rings (SSSR count). The van der Waals surface area contributed by atoms with Crippen molar-refractivity contribution in [2.75, 3.05) is 6.61 Å². The largest absolute Gasteiger partial charge is 0.454 e. The highest BCUT2D eigenvalue weighted by molar-refractivity contribution is 5.99. The van der Waals surface area contributed by atoms with E-state index in [1.54, 1.807) is 30.3 Å². The van der Waals surface area contributed by atoms with Gasteiger partial charge in [0.25, 0.3) is 0 Å². The lowest BCUT2D eigenvalue weighted by Gasteiger charge is -2.04. The summed E-state index contributed by atoms with van der Waals surface area (Å²) in [7, 11) is 0. The van der Waals surface area contributed by atoms with Crippen LogP contribution in [-0.2, 0) is 4.74 Å². The molecular weight excluding hydrogens is 286 g/mol. The molecule has 22 heavy (non-hydrogen) atoms. The number of pyridine rings is 1. The number of carbonyl (C=O) groups is 2. The maximum Gasteiger partial charge on any atom is 0.347 e. The Morgan fingerprint density at radius 2 is 1.86 bits per heavy atom. The summed E-state index contributed by atoms with van der Waals surface area (Å²) in [6.45, 7) is -0.360. The zero-order valence-corrected chi connectivity index (χ0v) is 11.4. The highest BCUT2D eigenvalue weighted by Gasteiger charge is 2.13. The summed E-state index contributed by atoms with van der Waals surface area (Å²) in [5.41, 5.74) is 0.570. The minimum atomic E-state index is -0.681. The SMILES string of the molecule is O=C(COC(=O)c1ccc2n[nH]c(=O)n2c1)c1ccccc1. The number of ketones is 1. The van der Waals surface area contributed by atoms with E-state index in [0.717, 1.165) is 0 Å². The normalized spacial score (nSPS) is 10.5. The van der Waals surface area contributed by atoms with Crippen molar-refractivity contribution >= 4 is 17.4 Å². The molecule has 2 aromatic heterocycles. The van der Waals surface area contributed by atoms with E-state index in [2.05, 4.69) is 10.2 Å². The van der Waals surface area contributed by atoms with Gasteiger partial charge in [-0.25, -0.2) is 19.1 Å². The number of carbonyl (C=O) groups excluding carboxylic acids is 2. The van der Waals surface area contributed by atoms with Crippen molar-refractivity contribution in [2.45, 2.75) is 0 Å². The summed E-state index contributed by atoms with van der Waals surface area (Å²) < 4.78 is 6.17. The molecule has 0 bridgehead atoms. The smallest absolute Gasteiger partial charge is 0.347 e. The van der Waals surface area contributed by atoms with E-state index in [-0.39, 0.29) is 18.0 Å². The molecule has 0 spiro atoms. The lowest BCUT2D eigenvalue weighted by atomic mass is 10.1. The Hall–Kier alpha value is -3.22. The number of hydrogen-bond acceptors (Lipinski definition) is 5. The summed E-state index contributed by atoms with van der Waals surface area (Å²) in [5.74, 6) is -0.977. The molecule has 7 heteroatoms. The van der Waals surface area contributed by atoms with E-state index in [1.807, 2.05) is 0 Å². The van der Waals surface area contributed by atoms with Gasteiger partial charge in [0.15, 0.2) is 18.0 Å². The van der Waals surface area contributed by atoms with Crippen LogP contribution in [0.3, 0.4) is 0 Å². The molecule has 0 atom stereocenters.